The number of nitrogens with one attached hydrogen (secondary N) is 1. The highest BCUT2D eigenvalue weighted by Gasteiger charge is 2.24. The molecule has 3 N–H and O–H groups in total. The van der Waals surface area contributed by atoms with Crippen LogP contribution in [0.25, 0.3) is 0 Å². The zero-order valence-electron chi connectivity index (χ0n) is 13.0. The van der Waals surface area contributed by atoms with Gasteiger partial charge in [-0.25, -0.2) is 4.39 Å². The summed E-state index contributed by atoms with van der Waals surface area (Å²) >= 11 is 0. The van der Waals surface area contributed by atoms with E-state index in [2.05, 4.69) is 5.32 Å². The molecule has 0 aliphatic rings. The summed E-state index contributed by atoms with van der Waals surface area (Å²) in [5.74, 6) is -1.18. The first-order valence-corrected chi connectivity index (χ1v) is 6.91. The first-order chi connectivity index (χ1) is 9.85. The van der Waals surface area contributed by atoms with Crippen molar-refractivity contribution in [3.05, 3.63) is 30.1 Å². The van der Waals surface area contributed by atoms with Gasteiger partial charge in [0.25, 0.3) is 0 Å². The van der Waals surface area contributed by atoms with E-state index in [1.165, 1.54) is 29.2 Å². The lowest BCUT2D eigenvalue weighted by Gasteiger charge is -2.28. The third-order valence-corrected chi connectivity index (χ3v) is 3.12. The third-order valence-electron chi connectivity index (χ3n) is 3.12. The van der Waals surface area contributed by atoms with Crippen LogP contribution in [0.1, 0.15) is 20.8 Å². The van der Waals surface area contributed by atoms with E-state index >= 15 is 0 Å². The lowest BCUT2D eigenvalue weighted by molar-refractivity contribution is -0.139. The minimum Gasteiger partial charge on any atom is -0.331 e. The third kappa shape index (κ3) is 5.99. The highest BCUT2D eigenvalue weighted by molar-refractivity contribution is 5.94. The maximum Gasteiger partial charge on any atom is 0.244 e. The molecule has 22 heavy (non-hydrogen) atoms. The Labute approximate surface area is 136 Å². The van der Waals surface area contributed by atoms with Gasteiger partial charge in [0.15, 0.2) is 0 Å². The first-order valence-electron chi connectivity index (χ1n) is 6.91. The minimum absolute atomic E-state index is 0. The number of carbonyl (C=O) groups excluding carboxylic acids is 2. The predicted octanol–water partition coefficient (Wildman–Crippen LogP) is 2.02. The highest BCUT2D eigenvalue weighted by Crippen LogP contribution is 2.10. The molecular weight excluding hydrogens is 309 g/mol. The fraction of sp³-hybridized carbons (Fsp3) is 0.467. The molecule has 1 unspecified atom stereocenters. The van der Waals surface area contributed by atoms with Gasteiger partial charge in [0.2, 0.25) is 11.8 Å². The monoisotopic (exact) mass is 331 g/mol. The number of hydrogen-bond donors (Lipinski definition) is 2. The molecule has 0 aliphatic heterocycles. The maximum absolute atomic E-state index is 12.8. The number of rotatable bonds is 6. The highest BCUT2D eigenvalue weighted by atomic mass is 35.5. The van der Waals surface area contributed by atoms with E-state index < -0.39 is 0 Å². The molecule has 124 valence electrons. The smallest absolute Gasteiger partial charge is 0.244 e. The van der Waals surface area contributed by atoms with Gasteiger partial charge in [-0.05, 0) is 38.1 Å². The van der Waals surface area contributed by atoms with Crippen molar-refractivity contribution in [1.29, 1.82) is 0 Å². The Kier molecular flexibility index (Phi) is 8.67. The van der Waals surface area contributed by atoms with Crippen LogP contribution in [0.15, 0.2) is 24.3 Å². The van der Waals surface area contributed by atoms with Crippen molar-refractivity contribution in [2.75, 3.05) is 18.4 Å². The second-order valence-corrected chi connectivity index (χ2v) is 5.25. The quantitative estimate of drug-likeness (QED) is 0.837. The molecule has 0 spiro atoms. The van der Waals surface area contributed by atoms with Gasteiger partial charge in [-0.15, -0.1) is 12.4 Å². The van der Waals surface area contributed by atoms with Crippen LogP contribution in [0.5, 0.6) is 0 Å². The number of nitrogens with zero attached hydrogens (tertiary/aromatic N) is 1. The standard InChI is InChI=1S/C15H22FN3O2.ClH/c1-10(2)19(15(21)11(3)8-17)9-14(20)18-13-6-4-12(16)5-7-13;/h4-7,10-11H,8-9,17H2,1-3H3,(H,18,20);1H. The van der Waals surface area contributed by atoms with Crippen LogP contribution < -0.4 is 11.1 Å². The number of hydrogen-bond acceptors (Lipinski definition) is 3. The molecule has 1 aromatic rings. The molecule has 7 heteroatoms. The van der Waals surface area contributed by atoms with E-state index in [4.69, 9.17) is 5.73 Å². The number of anilines is 1. The van der Waals surface area contributed by atoms with E-state index in [-0.39, 0.29) is 55.1 Å². The summed E-state index contributed by atoms with van der Waals surface area (Å²) in [7, 11) is 0. The van der Waals surface area contributed by atoms with Crippen molar-refractivity contribution in [1.82, 2.24) is 4.90 Å². The van der Waals surface area contributed by atoms with Crippen molar-refractivity contribution in [2.24, 2.45) is 11.7 Å². The predicted molar refractivity (Wildman–Crippen MR) is 87.3 cm³/mol. The Morgan fingerprint density at radius 1 is 1.23 bits per heavy atom. The second-order valence-electron chi connectivity index (χ2n) is 5.25. The van der Waals surface area contributed by atoms with Crippen molar-refractivity contribution < 1.29 is 14.0 Å². The molecular formula is C15H23ClFN3O2. The molecule has 0 bridgehead atoms. The molecule has 0 heterocycles. The summed E-state index contributed by atoms with van der Waals surface area (Å²) in [5.41, 5.74) is 5.99. The van der Waals surface area contributed by atoms with Crippen molar-refractivity contribution in [3.8, 4) is 0 Å². The van der Waals surface area contributed by atoms with Crippen LogP contribution in [-0.4, -0.2) is 35.8 Å². The van der Waals surface area contributed by atoms with Gasteiger partial charge >= 0.3 is 0 Å². The zero-order chi connectivity index (χ0) is 16.0. The molecule has 0 fully saturated rings. The first kappa shape index (κ1) is 20.3. The fourth-order valence-electron chi connectivity index (χ4n) is 1.79. The fourth-order valence-corrected chi connectivity index (χ4v) is 1.79. The number of nitrogens with two attached hydrogens (primary N) is 1. The van der Waals surface area contributed by atoms with Crippen LogP contribution in [0.4, 0.5) is 10.1 Å². The average Bonchev–Trinajstić information content (AvgIpc) is 2.45. The van der Waals surface area contributed by atoms with Crippen LogP contribution >= 0.6 is 12.4 Å². The normalized spacial score (nSPS) is 11.5. The van der Waals surface area contributed by atoms with E-state index in [1.54, 1.807) is 6.92 Å². The van der Waals surface area contributed by atoms with Crippen molar-refractivity contribution >= 4 is 29.9 Å². The molecule has 1 atom stereocenters. The summed E-state index contributed by atoms with van der Waals surface area (Å²) in [4.78, 5) is 25.6. The van der Waals surface area contributed by atoms with Crippen LogP contribution in [0.3, 0.4) is 0 Å². The van der Waals surface area contributed by atoms with E-state index in [1.807, 2.05) is 13.8 Å². The Morgan fingerprint density at radius 2 is 1.77 bits per heavy atom. The summed E-state index contributed by atoms with van der Waals surface area (Å²) in [6.07, 6.45) is 0. The lowest BCUT2D eigenvalue weighted by Crippen LogP contribution is -2.46. The Hall–Kier alpha value is -1.66. The number of carbonyl (C=O) groups is 2. The Morgan fingerprint density at radius 3 is 2.23 bits per heavy atom. The van der Waals surface area contributed by atoms with E-state index in [9.17, 15) is 14.0 Å². The molecule has 1 rings (SSSR count). The number of halogens is 2. The van der Waals surface area contributed by atoms with Crippen LogP contribution in [0, 0.1) is 11.7 Å². The van der Waals surface area contributed by atoms with Gasteiger partial charge < -0.3 is 16.0 Å². The Balaban J connectivity index is 0.00000441. The summed E-state index contributed by atoms with van der Waals surface area (Å²) in [6, 6.07) is 5.36. The maximum atomic E-state index is 12.8. The van der Waals surface area contributed by atoms with E-state index in [0.29, 0.717) is 5.69 Å². The SMILES string of the molecule is CC(CN)C(=O)N(CC(=O)Nc1ccc(F)cc1)C(C)C.Cl. The lowest BCUT2D eigenvalue weighted by atomic mass is 10.1. The van der Waals surface area contributed by atoms with Gasteiger partial charge in [-0.1, -0.05) is 6.92 Å². The molecule has 1 aromatic carbocycles. The van der Waals surface area contributed by atoms with Crippen molar-refractivity contribution in [2.45, 2.75) is 26.8 Å². The second kappa shape index (κ2) is 9.38. The summed E-state index contributed by atoms with van der Waals surface area (Å²) < 4.78 is 12.8. The minimum atomic E-state index is -0.372. The summed E-state index contributed by atoms with van der Waals surface area (Å²) in [5, 5.41) is 2.64. The van der Waals surface area contributed by atoms with Gasteiger partial charge in [0.05, 0.1) is 0 Å². The van der Waals surface area contributed by atoms with Gasteiger partial charge in [0, 0.05) is 24.2 Å². The average molecular weight is 332 g/mol. The molecule has 2 amide bonds. The van der Waals surface area contributed by atoms with Crippen molar-refractivity contribution in [3.63, 3.8) is 0 Å². The van der Waals surface area contributed by atoms with Gasteiger partial charge in [-0.3, -0.25) is 9.59 Å². The van der Waals surface area contributed by atoms with Crippen LogP contribution in [-0.2, 0) is 9.59 Å². The molecule has 5 nitrogen and oxygen atoms in total. The van der Waals surface area contributed by atoms with Gasteiger partial charge in [0.1, 0.15) is 12.4 Å². The molecule has 0 radical (unpaired) electrons. The molecule has 0 aliphatic carbocycles. The molecule has 0 saturated heterocycles. The van der Waals surface area contributed by atoms with E-state index in [0.717, 1.165) is 0 Å². The molecule has 0 aromatic heterocycles. The number of amides is 2. The summed E-state index contributed by atoms with van der Waals surface area (Å²) in [6.45, 7) is 5.59. The number of benzene rings is 1. The Bertz CT molecular complexity index is 494. The van der Waals surface area contributed by atoms with Gasteiger partial charge in [-0.2, -0.15) is 0 Å². The largest absolute Gasteiger partial charge is 0.331 e. The topological polar surface area (TPSA) is 75.4 Å². The molecule has 0 saturated carbocycles. The van der Waals surface area contributed by atoms with Crippen LogP contribution in [0.2, 0.25) is 0 Å². The zero-order valence-corrected chi connectivity index (χ0v) is 13.8.